The van der Waals surface area contributed by atoms with E-state index in [1.165, 1.54) is 5.56 Å². The second-order valence-corrected chi connectivity index (χ2v) is 7.52. The molecule has 2 aromatic rings. The van der Waals surface area contributed by atoms with Crippen LogP contribution in [0.1, 0.15) is 36.9 Å². The van der Waals surface area contributed by atoms with E-state index in [4.69, 9.17) is 0 Å². The predicted molar refractivity (Wildman–Crippen MR) is 88.1 cm³/mol. The summed E-state index contributed by atoms with van der Waals surface area (Å²) in [5.74, 6) is 0. The largest absolute Gasteiger partial charge is 0.243 e. The van der Waals surface area contributed by atoms with Gasteiger partial charge < -0.3 is 0 Å². The SMILES string of the molecule is CCN([C@@H]1CCCc2ccccc21)S(=O)(=O)c1ccccc1. The Labute approximate surface area is 132 Å². The fraction of sp³-hybridized carbons (Fsp3) is 0.333. The highest BCUT2D eigenvalue weighted by Gasteiger charge is 2.33. The lowest BCUT2D eigenvalue weighted by molar-refractivity contribution is 0.304. The third-order valence-corrected chi connectivity index (χ3v) is 6.34. The Hall–Kier alpha value is -1.65. The van der Waals surface area contributed by atoms with E-state index in [0.717, 1.165) is 24.8 Å². The van der Waals surface area contributed by atoms with Crippen molar-refractivity contribution < 1.29 is 8.42 Å². The Morgan fingerprint density at radius 3 is 2.45 bits per heavy atom. The van der Waals surface area contributed by atoms with E-state index >= 15 is 0 Å². The van der Waals surface area contributed by atoms with Gasteiger partial charge in [-0.25, -0.2) is 8.42 Å². The highest BCUT2D eigenvalue weighted by Crippen LogP contribution is 2.37. The number of benzene rings is 2. The van der Waals surface area contributed by atoms with Gasteiger partial charge in [-0.3, -0.25) is 0 Å². The first-order valence-corrected chi connectivity index (χ1v) is 9.23. The fourth-order valence-corrected chi connectivity index (χ4v) is 4.98. The first-order valence-electron chi connectivity index (χ1n) is 7.79. The van der Waals surface area contributed by atoms with E-state index in [0.29, 0.717) is 11.4 Å². The molecule has 0 saturated heterocycles. The van der Waals surface area contributed by atoms with Crippen LogP contribution in [0, 0.1) is 0 Å². The molecule has 0 amide bonds. The predicted octanol–water partition coefficient (Wildman–Crippen LogP) is 3.77. The zero-order chi connectivity index (χ0) is 15.6. The van der Waals surface area contributed by atoms with E-state index in [-0.39, 0.29) is 6.04 Å². The number of hydrogen-bond acceptors (Lipinski definition) is 2. The molecule has 1 aliphatic rings. The molecule has 116 valence electrons. The average molecular weight is 315 g/mol. The average Bonchev–Trinajstić information content (AvgIpc) is 2.56. The summed E-state index contributed by atoms with van der Waals surface area (Å²) in [7, 11) is -3.46. The van der Waals surface area contributed by atoms with Crippen LogP contribution in [0.3, 0.4) is 0 Å². The van der Waals surface area contributed by atoms with Crippen molar-refractivity contribution in [2.75, 3.05) is 6.54 Å². The van der Waals surface area contributed by atoms with Crippen molar-refractivity contribution >= 4 is 10.0 Å². The van der Waals surface area contributed by atoms with Gasteiger partial charge in [-0.2, -0.15) is 4.31 Å². The first-order chi connectivity index (χ1) is 10.6. The summed E-state index contributed by atoms with van der Waals surface area (Å²) in [6.07, 6.45) is 2.95. The van der Waals surface area contributed by atoms with Gasteiger partial charge in [0, 0.05) is 6.54 Å². The molecule has 0 unspecified atom stereocenters. The zero-order valence-corrected chi connectivity index (χ0v) is 13.6. The summed E-state index contributed by atoms with van der Waals surface area (Å²) in [5, 5.41) is 0. The standard InChI is InChI=1S/C18H21NO2S/c1-2-19(22(20,21)16-11-4-3-5-12-16)18-14-8-10-15-9-6-7-13-17(15)18/h3-7,9,11-13,18H,2,8,10,14H2,1H3/t18-/m1/s1. The highest BCUT2D eigenvalue weighted by atomic mass is 32.2. The molecule has 3 nitrogen and oxygen atoms in total. The molecule has 0 aromatic heterocycles. The van der Waals surface area contributed by atoms with Crippen molar-refractivity contribution in [1.82, 2.24) is 4.31 Å². The number of sulfonamides is 1. The fourth-order valence-electron chi connectivity index (χ4n) is 3.31. The van der Waals surface area contributed by atoms with Crippen LogP contribution in [0.15, 0.2) is 59.5 Å². The van der Waals surface area contributed by atoms with E-state index in [2.05, 4.69) is 12.1 Å². The van der Waals surface area contributed by atoms with Crippen LogP contribution in [0.25, 0.3) is 0 Å². The Morgan fingerprint density at radius 1 is 1.05 bits per heavy atom. The Morgan fingerprint density at radius 2 is 1.73 bits per heavy atom. The number of aryl methyl sites for hydroxylation is 1. The molecule has 1 atom stereocenters. The second kappa shape index (κ2) is 6.23. The number of fused-ring (bicyclic) bond motifs is 1. The van der Waals surface area contributed by atoms with Gasteiger partial charge in [-0.15, -0.1) is 0 Å². The molecule has 0 spiro atoms. The lowest BCUT2D eigenvalue weighted by atomic mass is 9.88. The Balaban J connectivity index is 2.03. The van der Waals surface area contributed by atoms with Crippen molar-refractivity contribution in [3.05, 3.63) is 65.7 Å². The first kappa shape index (κ1) is 15.3. The maximum absolute atomic E-state index is 13.0. The van der Waals surface area contributed by atoms with Gasteiger partial charge >= 0.3 is 0 Å². The van der Waals surface area contributed by atoms with Gasteiger partial charge in [0.1, 0.15) is 0 Å². The number of hydrogen-bond donors (Lipinski definition) is 0. The van der Waals surface area contributed by atoms with Crippen LogP contribution < -0.4 is 0 Å². The molecule has 0 saturated carbocycles. The third kappa shape index (κ3) is 2.69. The molecule has 0 fully saturated rings. The molecule has 2 aromatic carbocycles. The smallest absolute Gasteiger partial charge is 0.207 e. The Bertz CT molecular complexity index is 741. The lowest BCUT2D eigenvalue weighted by Crippen LogP contribution is -2.36. The molecule has 0 N–H and O–H groups in total. The van der Waals surface area contributed by atoms with Crippen LogP contribution in [-0.2, 0) is 16.4 Å². The van der Waals surface area contributed by atoms with Gasteiger partial charge in [0.15, 0.2) is 0 Å². The van der Waals surface area contributed by atoms with Crippen molar-refractivity contribution in [2.45, 2.75) is 37.1 Å². The minimum atomic E-state index is -3.46. The highest BCUT2D eigenvalue weighted by molar-refractivity contribution is 7.89. The molecule has 4 heteroatoms. The molecule has 1 aliphatic carbocycles. The van der Waals surface area contributed by atoms with Gasteiger partial charge in [0.25, 0.3) is 0 Å². The van der Waals surface area contributed by atoms with E-state index < -0.39 is 10.0 Å². The third-order valence-electron chi connectivity index (χ3n) is 4.35. The number of rotatable bonds is 4. The van der Waals surface area contributed by atoms with E-state index in [1.807, 2.05) is 25.1 Å². The van der Waals surface area contributed by atoms with Crippen LogP contribution in [0.2, 0.25) is 0 Å². The summed E-state index contributed by atoms with van der Waals surface area (Å²) in [4.78, 5) is 0.375. The summed E-state index contributed by atoms with van der Waals surface area (Å²) in [6, 6.07) is 16.9. The minimum Gasteiger partial charge on any atom is -0.207 e. The topological polar surface area (TPSA) is 37.4 Å². The monoisotopic (exact) mass is 315 g/mol. The minimum absolute atomic E-state index is 0.0554. The van der Waals surface area contributed by atoms with Crippen LogP contribution >= 0.6 is 0 Å². The van der Waals surface area contributed by atoms with Crippen molar-refractivity contribution in [2.24, 2.45) is 0 Å². The zero-order valence-electron chi connectivity index (χ0n) is 12.8. The maximum Gasteiger partial charge on any atom is 0.243 e. The van der Waals surface area contributed by atoms with Gasteiger partial charge in [-0.05, 0) is 42.5 Å². The molecule has 0 aliphatic heterocycles. The molecule has 3 rings (SSSR count). The van der Waals surface area contributed by atoms with Crippen molar-refractivity contribution in [1.29, 1.82) is 0 Å². The van der Waals surface area contributed by atoms with E-state index in [9.17, 15) is 8.42 Å². The second-order valence-electron chi connectivity index (χ2n) is 5.63. The van der Waals surface area contributed by atoms with Crippen LogP contribution in [-0.4, -0.2) is 19.3 Å². The van der Waals surface area contributed by atoms with Gasteiger partial charge in [-0.1, -0.05) is 49.4 Å². The van der Waals surface area contributed by atoms with Crippen LogP contribution in [0.4, 0.5) is 0 Å². The molecular weight excluding hydrogens is 294 g/mol. The van der Waals surface area contributed by atoms with Crippen LogP contribution in [0.5, 0.6) is 0 Å². The summed E-state index contributed by atoms with van der Waals surface area (Å²) < 4.78 is 27.6. The molecule has 22 heavy (non-hydrogen) atoms. The molecular formula is C18H21NO2S. The molecule has 0 heterocycles. The van der Waals surface area contributed by atoms with Crippen molar-refractivity contribution in [3.8, 4) is 0 Å². The quantitative estimate of drug-likeness (QED) is 0.861. The van der Waals surface area contributed by atoms with Crippen molar-refractivity contribution in [3.63, 3.8) is 0 Å². The normalized spacial score (nSPS) is 18.2. The van der Waals surface area contributed by atoms with E-state index in [1.54, 1.807) is 28.6 Å². The molecule has 0 radical (unpaired) electrons. The Kier molecular flexibility index (Phi) is 4.32. The summed E-state index contributed by atoms with van der Waals surface area (Å²) in [6.45, 7) is 2.40. The summed E-state index contributed by atoms with van der Waals surface area (Å²) in [5.41, 5.74) is 2.44. The van der Waals surface area contributed by atoms with Gasteiger partial charge in [0.2, 0.25) is 10.0 Å². The number of nitrogens with zero attached hydrogens (tertiary/aromatic N) is 1. The summed E-state index contributed by atoms with van der Waals surface area (Å²) >= 11 is 0. The lowest BCUT2D eigenvalue weighted by Gasteiger charge is -2.34. The maximum atomic E-state index is 13.0. The molecule has 0 bridgehead atoms. The van der Waals surface area contributed by atoms with Gasteiger partial charge in [0.05, 0.1) is 10.9 Å².